The van der Waals surface area contributed by atoms with Crippen LogP contribution in [0.5, 0.6) is 0 Å². The van der Waals surface area contributed by atoms with Gasteiger partial charge in [-0.25, -0.2) is 4.79 Å². The normalized spacial score (nSPS) is 25.2. The first-order valence-electron chi connectivity index (χ1n) is 7.29. The highest BCUT2D eigenvalue weighted by Gasteiger charge is 2.48. The average Bonchev–Trinajstić information content (AvgIpc) is 2.53. The van der Waals surface area contributed by atoms with Gasteiger partial charge in [0.05, 0.1) is 30.7 Å². The SMILES string of the molecule is COC(=O)C1COCCN1C(=O)C1(C(N)=S)CCCCC1. The third kappa shape index (κ3) is 3.03. The van der Waals surface area contributed by atoms with Gasteiger partial charge in [-0.15, -0.1) is 0 Å². The summed E-state index contributed by atoms with van der Waals surface area (Å²) in [5.41, 5.74) is 5.09. The van der Waals surface area contributed by atoms with Crippen molar-refractivity contribution < 1.29 is 19.1 Å². The van der Waals surface area contributed by atoms with Gasteiger partial charge >= 0.3 is 5.97 Å². The summed E-state index contributed by atoms with van der Waals surface area (Å²) in [6.07, 6.45) is 4.26. The number of nitrogens with two attached hydrogens (primary N) is 1. The Morgan fingerprint density at radius 1 is 1.33 bits per heavy atom. The number of methoxy groups -OCH3 is 1. The van der Waals surface area contributed by atoms with Gasteiger partial charge in [0.2, 0.25) is 5.91 Å². The predicted molar refractivity (Wildman–Crippen MR) is 80.6 cm³/mol. The standard InChI is InChI=1S/C14H22N2O4S/c1-19-11(17)10-9-20-8-7-16(10)13(18)14(12(15)21)5-3-2-4-6-14/h10H,2-9H2,1H3,(H2,15,21). The number of rotatable bonds is 3. The molecule has 1 aliphatic heterocycles. The number of morpholine rings is 1. The highest BCUT2D eigenvalue weighted by Crippen LogP contribution is 2.39. The van der Waals surface area contributed by atoms with Gasteiger partial charge in [-0.05, 0) is 12.8 Å². The molecule has 0 bridgehead atoms. The number of amides is 1. The minimum atomic E-state index is -0.808. The monoisotopic (exact) mass is 314 g/mol. The Kier molecular flexibility index (Phi) is 5.16. The van der Waals surface area contributed by atoms with E-state index in [4.69, 9.17) is 27.4 Å². The topological polar surface area (TPSA) is 81.9 Å². The molecule has 0 aromatic carbocycles. The molecule has 1 unspecified atom stereocenters. The van der Waals surface area contributed by atoms with Crippen molar-refractivity contribution in [2.24, 2.45) is 11.1 Å². The van der Waals surface area contributed by atoms with Crippen LogP contribution in [0.1, 0.15) is 32.1 Å². The number of nitrogens with zero attached hydrogens (tertiary/aromatic N) is 1. The van der Waals surface area contributed by atoms with Gasteiger partial charge in [0.15, 0.2) is 6.04 Å². The number of hydrogen-bond acceptors (Lipinski definition) is 5. The van der Waals surface area contributed by atoms with Gasteiger partial charge in [-0.3, -0.25) is 4.79 Å². The molecular formula is C14H22N2O4S. The molecule has 2 fully saturated rings. The van der Waals surface area contributed by atoms with E-state index in [0.717, 1.165) is 19.3 Å². The lowest BCUT2D eigenvalue weighted by Crippen LogP contribution is -2.60. The first-order valence-corrected chi connectivity index (χ1v) is 7.70. The summed E-state index contributed by atoms with van der Waals surface area (Å²) in [6, 6.07) is -0.704. The zero-order chi connectivity index (χ0) is 15.5. The Hall–Kier alpha value is -1.21. The van der Waals surface area contributed by atoms with E-state index in [9.17, 15) is 9.59 Å². The smallest absolute Gasteiger partial charge is 0.331 e. The van der Waals surface area contributed by atoms with Gasteiger partial charge in [-0.1, -0.05) is 31.5 Å². The van der Waals surface area contributed by atoms with E-state index in [1.165, 1.54) is 7.11 Å². The van der Waals surface area contributed by atoms with Gasteiger partial charge in [0, 0.05) is 6.54 Å². The Bertz CT molecular complexity index is 435. The van der Waals surface area contributed by atoms with Crippen molar-refractivity contribution in [3.63, 3.8) is 0 Å². The number of carbonyl (C=O) groups excluding carboxylic acids is 2. The zero-order valence-corrected chi connectivity index (χ0v) is 13.1. The number of esters is 1. The fourth-order valence-corrected chi connectivity index (χ4v) is 3.47. The van der Waals surface area contributed by atoms with Gasteiger partial charge in [-0.2, -0.15) is 0 Å². The molecule has 1 amide bonds. The van der Waals surface area contributed by atoms with Crippen molar-refractivity contribution in [2.45, 2.75) is 38.1 Å². The first-order chi connectivity index (χ1) is 10.0. The van der Waals surface area contributed by atoms with Crippen molar-refractivity contribution in [2.75, 3.05) is 26.9 Å². The molecule has 6 nitrogen and oxygen atoms in total. The van der Waals surface area contributed by atoms with Crippen LogP contribution in [0.2, 0.25) is 0 Å². The van der Waals surface area contributed by atoms with Crippen molar-refractivity contribution in [1.29, 1.82) is 0 Å². The van der Waals surface area contributed by atoms with Crippen LogP contribution in [0.4, 0.5) is 0 Å². The third-order valence-electron chi connectivity index (χ3n) is 4.45. The zero-order valence-electron chi connectivity index (χ0n) is 12.3. The van der Waals surface area contributed by atoms with E-state index in [-0.39, 0.29) is 17.5 Å². The summed E-state index contributed by atoms with van der Waals surface area (Å²) in [4.78, 5) is 26.7. The first kappa shape index (κ1) is 16.2. The fraction of sp³-hybridized carbons (Fsp3) is 0.786. The molecule has 2 N–H and O–H groups in total. The van der Waals surface area contributed by atoms with Crippen molar-refractivity contribution in [3.8, 4) is 0 Å². The Labute approximate surface area is 129 Å². The van der Waals surface area contributed by atoms with Crippen molar-refractivity contribution in [3.05, 3.63) is 0 Å². The summed E-state index contributed by atoms with van der Waals surface area (Å²) in [7, 11) is 1.31. The molecule has 2 rings (SSSR count). The molecule has 1 atom stereocenters. The van der Waals surface area contributed by atoms with Crippen LogP contribution in [0.3, 0.4) is 0 Å². The molecule has 1 saturated heterocycles. The molecule has 0 aromatic rings. The summed E-state index contributed by atoms with van der Waals surface area (Å²) in [5.74, 6) is -0.606. The molecule has 21 heavy (non-hydrogen) atoms. The predicted octanol–water partition coefficient (Wildman–Crippen LogP) is 0.623. The Balaban J connectivity index is 2.25. The maximum absolute atomic E-state index is 13.0. The van der Waals surface area contributed by atoms with Crippen LogP contribution in [0, 0.1) is 5.41 Å². The summed E-state index contributed by atoms with van der Waals surface area (Å²) < 4.78 is 10.1. The van der Waals surface area contributed by atoms with E-state index < -0.39 is 17.4 Å². The molecule has 118 valence electrons. The average molecular weight is 314 g/mol. The Morgan fingerprint density at radius 3 is 2.57 bits per heavy atom. The van der Waals surface area contributed by atoms with E-state index in [0.29, 0.717) is 26.0 Å². The molecule has 7 heteroatoms. The van der Waals surface area contributed by atoms with E-state index in [1.807, 2.05) is 0 Å². The summed E-state index contributed by atoms with van der Waals surface area (Å²) in [6.45, 7) is 0.932. The maximum atomic E-state index is 13.0. The summed E-state index contributed by atoms with van der Waals surface area (Å²) in [5, 5.41) is 0. The van der Waals surface area contributed by atoms with Crippen LogP contribution in [-0.2, 0) is 19.1 Å². The highest BCUT2D eigenvalue weighted by molar-refractivity contribution is 7.80. The highest BCUT2D eigenvalue weighted by atomic mass is 32.1. The van der Waals surface area contributed by atoms with Crippen LogP contribution < -0.4 is 5.73 Å². The fourth-order valence-electron chi connectivity index (χ4n) is 3.17. The van der Waals surface area contributed by atoms with Crippen LogP contribution in [0.25, 0.3) is 0 Å². The van der Waals surface area contributed by atoms with Crippen LogP contribution >= 0.6 is 12.2 Å². The lowest BCUT2D eigenvalue weighted by atomic mass is 9.72. The molecule has 0 spiro atoms. The maximum Gasteiger partial charge on any atom is 0.331 e. The van der Waals surface area contributed by atoms with Gasteiger partial charge in [0.1, 0.15) is 0 Å². The minimum Gasteiger partial charge on any atom is -0.467 e. The molecule has 1 heterocycles. The molecule has 0 radical (unpaired) electrons. The Morgan fingerprint density at radius 2 is 2.00 bits per heavy atom. The number of thiocarbonyl (C=S) groups is 1. The quantitative estimate of drug-likeness (QED) is 0.607. The molecule has 1 saturated carbocycles. The van der Waals surface area contributed by atoms with Gasteiger partial charge < -0.3 is 20.1 Å². The van der Waals surface area contributed by atoms with E-state index in [1.54, 1.807) is 4.90 Å². The van der Waals surface area contributed by atoms with Crippen LogP contribution in [-0.4, -0.2) is 54.7 Å². The minimum absolute atomic E-state index is 0.145. The summed E-state index contributed by atoms with van der Waals surface area (Å²) >= 11 is 5.19. The third-order valence-corrected chi connectivity index (χ3v) is 4.84. The van der Waals surface area contributed by atoms with Crippen molar-refractivity contribution in [1.82, 2.24) is 4.90 Å². The van der Waals surface area contributed by atoms with Gasteiger partial charge in [0.25, 0.3) is 0 Å². The largest absolute Gasteiger partial charge is 0.467 e. The van der Waals surface area contributed by atoms with Crippen molar-refractivity contribution >= 4 is 29.1 Å². The molecule has 2 aliphatic rings. The number of hydrogen-bond donors (Lipinski definition) is 1. The second kappa shape index (κ2) is 6.70. The van der Waals surface area contributed by atoms with E-state index in [2.05, 4.69) is 0 Å². The number of ether oxygens (including phenoxy) is 2. The second-order valence-electron chi connectivity index (χ2n) is 5.62. The lowest BCUT2D eigenvalue weighted by molar-refractivity contribution is -0.164. The molecule has 1 aliphatic carbocycles. The lowest BCUT2D eigenvalue weighted by Gasteiger charge is -2.42. The van der Waals surface area contributed by atoms with Crippen LogP contribution in [0.15, 0.2) is 0 Å². The molecule has 0 aromatic heterocycles. The van der Waals surface area contributed by atoms with E-state index >= 15 is 0 Å². The number of carbonyl (C=O) groups is 2. The molecular weight excluding hydrogens is 292 g/mol. The second-order valence-corrected chi connectivity index (χ2v) is 6.06.